The molecule has 0 saturated heterocycles. The van der Waals surface area contributed by atoms with Crippen molar-refractivity contribution in [2.24, 2.45) is 17.8 Å². The summed E-state index contributed by atoms with van der Waals surface area (Å²) in [5.41, 5.74) is 1.18. The van der Waals surface area contributed by atoms with Gasteiger partial charge in [-0.3, -0.25) is 4.79 Å². The molecule has 3 rings (SSSR count). The average molecular weight is 255 g/mol. The molecule has 1 fully saturated rings. The van der Waals surface area contributed by atoms with Gasteiger partial charge in [0.25, 0.3) is 0 Å². The lowest BCUT2D eigenvalue weighted by atomic mass is 10.1. The number of hydrogen-bond donors (Lipinski definition) is 1. The molecule has 0 unspecified atom stereocenters. The first-order chi connectivity index (χ1) is 9.36. The molecule has 0 spiro atoms. The Morgan fingerprint density at radius 3 is 2.32 bits per heavy atom. The van der Waals surface area contributed by atoms with E-state index in [1.165, 1.54) is 18.4 Å². The molecule has 1 aromatic carbocycles. The zero-order valence-electron chi connectivity index (χ0n) is 11.2. The molecular formula is C17H21NO. The molecule has 0 bridgehead atoms. The van der Waals surface area contributed by atoms with Crippen molar-refractivity contribution in [3.8, 4) is 0 Å². The van der Waals surface area contributed by atoms with E-state index in [4.69, 9.17) is 0 Å². The fourth-order valence-corrected chi connectivity index (χ4v) is 3.34. The van der Waals surface area contributed by atoms with Gasteiger partial charge in [0.15, 0.2) is 0 Å². The Morgan fingerprint density at radius 1 is 1.05 bits per heavy atom. The van der Waals surface area contributed by atoms with Crippen LogP contribution in [0.1, 0.15) is 31.2 Å². The Balaban J connectivity index is 1.52. The Hall–Kier alpha value is -1.57. The minimum Gasteiger partial charge on any atom is -0.352 e. The maximum absolute atomic E-state index is 12.2. The molecule has 19 heavy (non-hydrogen) atoms. The lowest BCUT2D eigenvalue weighted by Crippen LogP contribution is -2.25. The van der Waals surface area contributed by atoms with Crippen LogP contribution in [0.5, 0.6) is 0 Å². The van der Waals surface area contributed by atoms with Gasteiger partial charge in [0.2, 0.25) is 5.91 Å². The van der Waals surface area contributed by atoms with Crippen LogP contribution < -0.4 is 5.32 Å². The molecule has 0 aromatic heterocycles. The van der Waals surface area contributed by atoms with E-state index in [0.29, 0.717) is 18.4 Å². The molecule has 1 N–H and O–H groups in total. The lowest BCUT2D eigenvalue weighted by Gasteiger charge is -2.04. The molecule has 1 saturated carbocycles. The van der Waals surface area contributed by atoms with Gasteiger partial charge in [0.05, 0.1) is 0 Å². The third kappa shape index (κ3) is 2.89. The number of hydrogen-bond acceptors (Lipinski definition) is 1. The van der Waals surface area contributed by atoms with Crippen molar-refractivity contribution in [1.29, 1.82) is 0 Å². The fraction of sp³-hybridized carbons (Fsp3) is 0.471. The minimum atomic E-state index is 0.265. The summed E-state index contributed by atoms with van der Waals surface area (Å²) in [5.74, 6) is 1.82. The predicted octanol–water partition coefficient (Wildman–Crippen LogP) is 3.30. The van der Waals surface area contributed by atoms with Crippen LogP contribution in [0.3, 0.4) is 0 Å². The molecule has 2 heteroatoms. The summed E-state index contributed by atoms with van der Waals surface area (Å²) in [4.78, 5) is 12.2. The van der Waals surface area contributed by atoms with Crippen LogP contribution in [0.2, 0.25) is 0 Å². The monoisotopic (exact) mass is 255 g/mol. The van der Waals surface area contributed by atoms with Crippen molar-refractivity contribution < 1.29 is 4.79 Å². The molecule has 0 heterocycles. The third-order valence-corrected chi connectivity index (χ3v) is 4.44. The largest absolute Gasteiger partial charge is 0.352 e. The average Bonchev–Trinajstić information content (AvgIpc) is 3.08. The Bertz CT molecular complexity index is 449. The van der Waals surface area contributed by atoms with Crippen molar-refractivity contribution >= 4 is 5.91 Å². The van der Waals surface area contributed by atoms with Gasteiger partial charge >= 0.3 is 0 Å². The van der Waals surface area contributed by atoms with E-state index in [0.717, 1.165) is 12.8 Å². The van der Waals surface area contributed by atoms with E-state index in [2.05, 4.69) is 29.6 Å². The minimum absolute atomic E-state index is 0.265. The Morgan fingerprint density at radius 2 is 1.68 bits per heavy atom. The number of rotatable bonds is 3. The maximum atomic E-state index is 12.2. The van der Waals surface area contributed by atoms with Crippen LogP contribution in [-0.2, 0) is 11.3 Å². The lowest BCUT2D eigenvalue weighted by molar-refractivity contribution is -0.123. The Labute approximate surface area is 114 Å². The second-order valence-electron chi connectivity index (χ2n) is 5.68. The van der Waals surface area contributed by atoms with E-state index in [1.54, 1.807) is 0 Å². The first-order valence-electron chi connectivity index (χ1n) is 7.33. The zero-order valence-corrected chi connectivity index (χ0v) is 11.2. The van der Waals surface area contributed by atoms with Crippen LogP contribution in [-0.4, -0.2) is 5.91 Å². The SMILES string of the molecule is O=C(NCc1ccccc1)C1[C@H]2CC/C=C\CC[C@H]12. The van der Waals surface area contributed by atoms with Crippen molar-refractivity contribution in [3.63, 3.8) is 0 Å². The highest BCUT2D eigenvalue weighted by atomic mass is 16.2. The highest BCUT2D eigenvalue weighted by molar-refractivity contribution is 5.82. The normalized spacial score (nSPS) is 30.6. The summed E-state index contributed by atoms with van der Waals surface area (Å²) in [6.07, 6.45) is 9.20. The number of carbonyl (C=O) groups excluding carboxylic acids is 1. The topological polar surface area (TPSA) is 29.1 Å². The van der Waals surface area contributed by atoms with E-state index in [-0.39, 0.29) is 11.8 Å². The standard InChI is InChI=1S/C17H21NO/c19-17(18-12-13-8-4-3-5-9-13)16-14-10-6-1-2-7-11-15(14)16/h1-5,8-9,14-16H,6-7,10-12H2,(H,18,19)/b2-1-/t14-,15-/m0/s1. The molecule has 1 amide bonds. The summed E-state index contributed by atoms with van der Waals surface area (Å²) in [7, 11) is 0. The first-order valence-corrected chi connectivity index (χ1v) is 7.33. The zero-order chi connectivity index (χ0) is 13.1. The van der Waals surface area contributed by atoms with Crippen LogP contribution in [0.25, 0.3) is 0 Å². The van der Waals surface area contributed by atoms with E-state index >= 15 is 0 Å². The van der Waals surface area contributed by atoms with Gasteiger partial charge in [-0.2, -0.15) is 0 Å². The van der Waals surface area contributed by atoms with Gasteiger partial charge in [0.1, 0.15) is 0 Å². The Kier molecular flexibility index (Phi) is 3.67. The third-order valence-electron chi connectivity index (χ3n) is 4.44. The molecule has 0 radical (unpaired) electrons. The van der Waals surface area contributed by atoms with E-state index in [1.807, 2.05) is 18.2 Å². The number of carbonyl (C=O) groups is 1. The van der Waals surface area contributed by atoms with Crippen LogP contribution in [0.15, 0.2) is 42.5 Å². The number of amides is 1. The molecule has 1 aromatic rings. The summed E-state index contributed by atoms with van der Waals surface area (Å²) < 4.78 is 0. The van der Waals surface area contributed by atoms with Gasteiger partial charge in [-0.15, -0.1) is 0 Å². The number of benzene rings is 1. The fourth-order valence-electron chi connectivity index (χ4n) is 3.34. The molecule has 2 aliphatic rings. The summed E-state index contributed by atoms with van der Waals surface area (Å²) in [6.45, 7) is 0.661. The predicted molar refractivity (Wildman–Crippen MR) is 76.4 cm³/mol. The van der Waals surface area contributed by atoms with Gasteiger partial charge in [-0.1, -0.05) is 42.5 Å². The number of fused-ring (bicyclic) bond motifs is 1. The van der Waals surface area contributed by atoms with Crippen molar-refractivity contribution in [2.75, 3.05) is 0 Å². The molecule has 0 aliphatic heterocycles. The summed E-state index contributed by atoms with van der Waals surface area (Å²) in [5, 5.41) is 3.10. The number of allylic oxidation sites excluding steroid dienone is 2. The van der Waals surface area contributed by atoms with Gasteiger partial charge in [-0.25, -0.2) is 0 Å². The van der Waals surface area contributed by atoms with Gasteiger partial charge in [-0.05, 0) is 43.1 Å². The molecule has 100 valence electrons. The van der Waals surface area contributed by atoms with Crippen molar-refractivity contribution in [1.82, 2.24) is 5.32 Å². The molecule has 2 aliphatic carbocycles. The van der Waals surface area contributed by atoms with Crippen LogP contribution in [0.4, 0.5) is 0 Å². The van der Waals surface area contributed by atoms with E-state index in [9.17, 15) is 4.79 Å². The molecule has 2 atom stereocenters. The highest BCUT2D eigenvalue weighted by Crippen LogP contribution is 2.52. The highest BCUT2D eigenvalue weighted by Gasteiger charge is 2.52. The van der Waals surface area contributed by atoms with Crippen molar-refractivity contribution in [3.05, 3.63) is 48.0 Å². The van der Waals surface area contributed by atoms with Crippen molar-refractivity contribution in [2.45, 2.75) is 32.2 Å². The summed E-state index contributed by atoms with van der Waals surface area (Å²) >= 11 is 0. The quantitative estimate of drug-likeness (QED) is 0.825. The first kappa shape index (κ1) is 12.5. The molecule has 2 nitrogen and oxygen atoms in total. The summed E-state index contributed by atoms with van der Waals surface area (Å²) in [6, 6.07) is 10.1. The van der Waals surface area contributed by atoms with E-state index < -0.39 is 0 Å². The van der Waals surface area contributed by atoms with Gasteiger partial charge < -0.3 is 5.32 Å². The smallest absolute Gasteiger partial charge is 0.223 e. The number of nitrogens with one attached hydrogen (secondary N) is 1. The van der Waals surface area contributed by atoms with Gasteiger partial charge in [0, 0.05) is 12.5 Å². The second kappa shape index (κ2) is 5.60. The molecular weight excluding hydrogens is 234 g/mol. The van der Waals surface area contributed by atoms with Crippen LogP contribution >= 0.6 is 0 Å². The second-order valence-corrected chi connectivity index (χ2v) is 5.68. The van der Waals surface area contributed by atoms with Crippen LogP contribution in [0, 0.1) is 17.8 Å². The maximum Gasteiger partial charge on any atom is 0.223 e.